The first-order valence-corrected chi connectivity index (χ1v) is 3.06. The molecule has 8 heavy (non-hydrogen) atoms. The number of nitrogens with one attached hydrogen (secondary N) is 1. The van der Waals surface area contributed by atoms with Crippen molar-refractivity contribution in [1.82, 2.24) is 5.32 Å². The van der Waals surface area contributed by atoms with Crippen LogP contribution < -0.4 is 5.32 Å². The van der Waals surface area contributed by atoms with Gasteiger partial charge in [-0.05, 0) is 20.3 Å². The molecule has 2 atom stereocenters. The van der Waals surface area contributed by atoms with Crippen molar-refractivity contribution < 1.29 is 5.11 Å². The molecular formula is C6H13NO. The van der Waals surface area contributed by atoms with Gasteiger partial charge in [0.25, 0.3) is 0 Å². The SMILES string of the molecule is C[C@H]1CC(C)(O)CN1. The van der Waals surface area contributed by atoms with Crippen molar-refractivity contribution in [1.29, 1.82) is 0 Å². The normalized spacial score (nSPS) is 47.6. The lowest BCUT2D eigenvalue weighted by atomic mass is 10.0. The van der Waals surface area contributed by atoms with Gasteiger partial charge in [-0.25, -0.2) is 0 Å². The summed E-state index contributed by atoms with van der Waals surface area (Å²) in [5.41, 5.74) is -0.445. The second kappa shape index (κ2) is 1.71. The van der Waals surface area contributed by atoms with Crippen LogP contribution in [0.1, 0.15) is 20.3 Å². The van der Waals surface area contributed by atoms with Gasteiger partial charge in [-0.15, -0.1) is 0 Å². The van der Waals surface area contributed by atoms with Gasteiger partial charge in [-0.1, -0.05) is 0 Å². The zero-order valence-electron chi connectivity index (χ0n) is 5.44. The van der Waals surface area contributed by atoms with Crippen LogP contribution in [0.15, 0.2) is 0 Å². The molecule has 1 rings (SSSR count). The summed E-state index contributed by atoms with van der Waals surface area (Å²) in [5, 5.41) is 12.5. The molecule has 0 amide bonds. The number of hydrogen-bond acceptors (Lipinski definition) is 2. The number of aliphatic hydroxyl groups is 1. The smallest absolute Gasteiger partial charge is 0.0758 e. The van der Waals surface area contributed by atoms with Crippen molar-refractivity contribution in [2.24, 2.45) is 0 Å². The molecule has 1 unspecified atom stereocenters. The summed E-state index contributed by atoms with van der Waals surface area (Å²) in [4.78, 5) is 0. The second-order valence-electron chi connectivity index (χ2n) is 2.98. The van der Waals surface area contributed by atoms with Gasteiger partial charge in [-0.3, -0.25) is 0 Å². The van der Waals surface area contributed by atoms with E-state index in [-0.39, 0.29) is 0 Å². The Morgan fingerprint density at radius 3 is 2.50 bits per heavy atom. The monoisotopic (exact) mass is 115 g/mol. The van der Waals surface area contributed by atoms with E-state index < -0.39 is 5.60 Å². The molecule has 48 valence electrons. The number of rotatable bonds is 0. The van der Waals surface area contributed by atoms with E-state index in [2.05, 4.69) is 12.2 Å². The molecule has 0 aromatic heterocycles. The van der Waals surface area contributed by atoms with Gasteiger partial charge in [0, 0.05) is 12.6 Å². The van der Waals surface area contributed by atoms with Crippen molar-refractivity contribution in [2.75, 3.05) is 6.54 Å². The number of β-amino-alcohol motifs (C(OH)–C–C–N with tert-alkyl or cyclic N) is 1. The fraction of sp³-hybridized carbons (Fsp3) is 1.00. The van der Waals surface area contributed by atoms with Gasteiger partial charge in [0.15, 0.2) is 0 Å². The summed E-state index contributed by atoms with van der Waals surface area (Å²) >= 11 is 0. The van der Waals surface area contributed by atoms with Gasteiger partial charge in [0.05, 0.1) is 5.60 Å². The summed E-state index contributed by atoms with van der Waals surface area (Å²) in [5.74, 6) is 0. The Kier molecular flexibility index (Phi) is 1.29. The zero-order chi connectivity index (χ0) is 6.20. The summed E-state index contributed by atoms with van der Waals surface area (Å²) in [6.45, 7) is 4.69. The molecule has 1 aliphatic heterocycles. The molecule has 0 radical (unpaired) electrons. The molecule has 0 aliphatic carbocycles. The molecule has 1 aliphatic rings. The van der Waals surface area contributed by atoms with Gasteiger partial charge in [0.2, 0.25) is 0 Å². The highest BCUT2D eigenvalue weighted by molar-refractivity contribution is 4.87. The Balaban J connectivity index is 2.44. The average Bonchev–Trinajstić information content (AvgIpc) is 1.82. The zero-order valence-corrected chi connectivity index (χ0v) is 5.44. The molecule has 0 aromatic rings. The van der Waals surface area contributed by atoms with E-state index in [1.54, 1.807) is 0 Å². The number of hydrogen-bond donors (Lipinski definition) is 2. The van der Waals surface area contributed by atoms with Gasteiger partial charge in [-0.2, -0.15) is 0 Å². The van der Waals surface area contributed by atoms with Crippen LogP contribution in [0.4, 0.5) is 0 Å². The fourth-order valence-corrected chi connectivity index (χ4v) is 1.20. The molecule has 0 saturated carbocycles. The van der Waals surface area contributed by atoms with E-state index in [0.29, 0.717) is 6.04 Å². The third-order valence-corrected chi connectivity index (χ3v) is 1.58. The Bertz CT molecular complexity index is 90.5. The van der Waals surface area contributed by atoms with Crippen molar-refractivity contribution in [2.45, 2.75) is 31.9 Å². The average molecular weight is 115 g/mol. The molecular weight excluding hydrogens is 102 g/mol. The van der Waals surface area contributed by atoms with Gasteiger partial charge < -0.3 is 10.4 Å². The summed E-state index contributed by atoms with van der Waals surface area (Å²) in [6, 6.07) is 0.491. The third kappa shape index (κ3) is 1.20. The topological polar surface area (TPSA) is 32.3 Å². The van der Waals surface area contributed by atoms with Crippen LogP contribution in [-0.4, -0.2) is 23.3 Å². The minimum Gasteiger partial charge on any atom is -0.389 e. The lowest BCUT2D eigenvalue weighted by Crippen LogP contribution is -2.26. The fourth-order valence-electron chi connectivity index (χ4n) is 1.20. The van der Waals surface area contributed by atoms with Crippen LogP contribution in [0.25, 0.3) is 0 Å². The molecule has 0 bridgehead atoms. The maximum Gasteiger partial charge on any atom is 0.0758 e. The van der Waals surface area contributed by atoms with Crippen LogP contribution in [0, 0.1) is 0 Å². The lowest BCUT2D eigenvalue weighted by Gasteiger charge is -2.12. The molecule has 2 nitrogen and oxygen atoms in total. The van der Waals surface area contributed by atoms with Crippen LogP contribution in [-0.2, 0) is 0 Å². The first kappa shape index (κ1) is 6.05. The quantitative estimate of drug-likeness (QED) is 0.470. The minimum atomic E-state index is -0.445. The van der Waals surface area contributed by atoms with Crippen LogP contribution in [0.3, 0.4) is 0 Å². The van der Waals surface area contributed by atoms with Crippen LogP contribution in [0.5, 0.6) is 0 Å². The van der Waals surface area contributed by atoms with Crippen molar-refractivity contribution >= 4 is 0 Å². The first-order valence-electron chi connectivity index (χ1n) is 3.06. The molecule has 2 N–H and O–H groups in total. The van der Waals surface area contributed by atoms with E-state index in [4.69, 9.17) is 0 Å². The molecule has 1 fully saturated rings. The molecule has 1 saturated heterocycles. The van der Waals surface area contributed by atoms with Crippen molar-refractivity contribution in [3.63, 3.8) is 0 Å². The van der Waals surface area contributed by atoms with Crippen molar-refractivity contribution in [3.05, 3.63) is 0 Å². The third-order valence-electron chi connectivity index (χ3n) is 1.58. The standard InChI is InChI=1S/C6H13NO/c1-5-3-6(2,8)4-7-5/h5,7-8H,3-4H2,1-2H3/t5-,6?/m0/s1. The highest BCUT2D eigenvalue weighted by Gasteiger charge is 2.29. The summed E-state index contributed by atoms with van der Waals surface area (Å²) in [6.07, 6.45) is 0.882. The maximum atomic E-state index is 9.30. The van der Waals surface area contributed by atoms with Crippen molar-refractivity contribution in [3.8, 4) is 0 Å². The van der Waals surface area contributed by atoms with E-state index in [1.807, 2.05) is 6.92 Å². The lowest BCUT2D eigenvalue weighted by molar-refractivity contribution is 0.0798. The largest absolute Gasteiger partial charge is 0.389 e. The van der Waals surface area contributed by atoms with E-state index in [9.17, 15) is 5.11 Å². The Hall–Kier alpha value is -0.0800. The Labute approximate surface area is 49.9 Å². The molecule has 2 heteroatoms. The minimum absolute atomic E-state index is 0.445. The Morgan fingerprint density at radius 2 is 2.38 bits per heavy atom. The highest BCUT2D eigenvalue weighted by atomic mass is 16.3. The summed E-state index contributed by atoms with van der Waals surface area (Å²) in [7, 11) is 0. The highest BCUT2D eigenvalue weighted by Crippen LogP contribution is 2.16. The van der Waals surface area contributed by atoms with Gasteiger partial charge in [0.1, 0.15) is 0 Å². The van der Waals surface area contributed by atoms with Crippen LogP contribution in [0.2, 0.25) is 0 Å². The van der Waals surface area contributed by atoms with E-state index >= 15 is 0 Å². The van der Waals surface area contributed by atoms with Gasteiger partial charge >= 0.3 is 0 Å². The maximum absolute atomic E-state index is 9.30. The second-order valence-corrected chi connectivity index (χ2v) is 2.98. The van der Waals surface area contributed by atoms with E-state index in [1.165, 1.54) is 0 Å². The van der Waals surface area contributed by atoms with Crippen LogP contribution >= 0.6 is 0 Å². The molecule has 0 spiro atoms. The predicted octanol–water partition coefficient (Wildman–Crippen LogP) is 0.119. The predicted molar refractivity (Wildman–Crippen MR) is 32.7 cm³/mol. The summed E-state index contributed by atoms with van der Waals surface area (Å²) < 4.78 is 0. The Morgan fingerprint density at radius 1 is 1.75 bits per heavy atom. The molecule has 0 aromatic carbocycles. The van der Waals surface area contributed by atoms with E-state index in [0.717, 1.165) is 13.0 Å². The molecule has 1 heterocycles. The first-order chi connectivity index (χ1) is 3.60.